The SMILES string of the molecule is C=CCN1Cc2cc(Br)ccc2OCC1=O. The fraction of sp³-hybridized carbons (Fsp3) is 0.250. The van der Waals surface area contributed by atoms with Gasteiger partial charge in [-0.05, 0) is 18.2 Å². The first-order chi connectivity index (χ1) is 7.70. The van der Waals surface area contributed by atoms with E-state index in [1.165, 1.54) is 0 Å². The van der Waals surface area contributed by atoms with Gasteiger partial charge in [0, 0.05) is 23.1 Å². The first kappa shape index (κ1) is 11.2. The molecule has 1 aliphatic rings. The second kappa shape index (κ2) is 4.70. The Labute approximate surface area is 103 Å². The van der Waals surface area contributed by atoms with Gasteiger partial charge in [-0.1, -0.05) is 22.0 Å². The molecule has 0 saturated heterocycles. The highest BCUT2D eigenvalue weighted by molar-refractivity contribution is 9.10. The molecule has 0 aliphatic carbocycles. The third-order valence-electron chi connectivity index (χ3n) is 2.44. The van der Waals surface area contributed by atoms with Crippen LogP contribution in [0.15, 0.2) is 35.3 Å². The van der Waals surface area contributed by atoms with Crippen molar-refractivity contribution >= 4 is 21.8 Å². The minimum Gasteiger partial charge on any atom is -0.483 e. The van der Waals surface area contributed by atoms with Gasteiger partial charge in [0.05, 0.1) is 0 Å². The fourth-order valence-corrected chi connectivity index (χ4v) is 2.07. The molecule has 3 nitrogen and oxygen atoms in total. The first-order valence-electron chi connectivity index (χ1n) is 5.00. The molecule has 0 fully saturated rings. The number of carbonyl (C=O) groups excluding carboxylic acids is 1. The summed E-state index contributed by atoms with van der Waals surface area (Å²) in [6.07, 6.45) is 1.72. The number of carbonyl (C=O) groups is 1. The number of benzene rings is 1. The monoisotopic (exact) mass is 281 g/mol. The molecule has 0 spiro atoms. The van der Waals surface area contributed by atoms with Crippen molar-refractivity contribution in [3.63, 3.8) is 0 Å². The Hall–Kier alpha value is -1.29. The summed E-state index contributed by atoms with van der Waals surface area (Å²) in [5, 5.41) is 0. The number of amides is 1. The van der Waals surface area contributed by atoms with Crippen LogP contribution in [0.2, 0.25) is 0 Å². The lowest BCUT2D eigenvalue weighted by molar-refractivity contribution is -0.132. The Bertz CT molecular complexity index is 431. The molecule has 0 N–H and O–H groups in total. The third kappa shape index (κ3) is 2.27. The quantitative estimate of drug-likeness (QED) is 0.779. The summed E-state index contributed by atoms with van der Waals surface area (Å²) in [5.41, 5.74) is 1.02. The van der Waals surface area contributed by atoms with E-state index in [2.05, 4.69) is 22.5 Å². The fourth-order valence-electron chi connectivity index (χ4n) is 1.66. The van der Waals surface area contributed by atoms with Gasteiger partial charge in [0.25, 0.3) is 5.91 Å². The van der Waals surface area contributed by atoms with Crippen molar-refractivity contribution in [2.45, 2.75) is 6.54 Å². The van der Waals surface area contributed by atoms with E-state index in [-0.39, 0.29) is 12.5 Å². The van der Waals surface area contributed by atoms with Gasteiger partial charge in [-0.15, -0.1) is 6.58 Å². The van der Waals surface area contributed by atoms with E-state index >= 15 is 0 Å². The van der Waals surface area contributed by atoms with E-state index in [0.29, 0.717) is 13.1 Å². The van der Waals surface area contributed by atoms with Crippen molar-refractivity contribution in [3.8, 4) is 5.75 Å². The zero-order chi connectivity index (χ0) is 11.5. The second-order valence-electron chi connectivity index (χ2n) is 3.60. The number of halogens is 1. The summed E-state index contributed by atoms with van der Waals surface area (Å²) in [4.78, 5) is 13.4. The van der Waals surface area contributed by atoms with E-state index < -0.39 is 0 Å². The van der Waals surface area contributed by atoms with Crippen LogP contribution in [-0.4, -0.2) is 24.0 Å². The maximum atomic E-state index is 11.7. The van der Waals surface area contributed by atoms with Crippen molar-refractivity contribution in [1.29, 1.82) is 0 Å². The van der Waals surface area contributed by atoms with Crippen LogP contribution >= 0.6 is 15.9 Å². The molecule has 0 bridgehead atoms. The largest absolute Gasteiger partial charge is 0.483 e. The Balaban J connectivity index is 2.31. The zero-order valence-corrected chi connectivity index (χ0v) is 10.4. The number of ether oxygens (including phenoxy) is 1. The molecule has 1 amide bonds. The summed E-state index contributed by atoms with van der Waals surface area (Å²) in [5.74, 6) is 0.773. The van der Waals surface area contributed by atoms with Crippen molar-refractivity contribution in [3.05, 3.63) is 40.9 Å². The van der Waals surface area contributed by atoms with E-state index in [4.69, 9.17) is 4.74 Å². The third-order valence-corrected chi connectivity index (χ3v) is 2.93. The topological polar surface area (TPSA) is 29.5 Å². The molecule has 1 aromatic rings. The molecule has 0 aromatic heterocycles. The van der Waals surface area contributed by atoms with Crippen LogP contribution in [0.3, 0.4) is 0 Å². The smallest absolute Gasteiger partial charge is 0.261 e. The van der Waals surface area contributed by atoms with Crippen molar-refractivity contribution in [1.82, 2.24) is 4.90 Å². The van der Waals surface area contributed by atoms with E-state index in [9.17, 15) is 4.79 Å². The summed E-state index contributed by atoms with van der Waals surface area (Å²) in [6.45, 7) is 4.87. The van der Waals surface area contributed by atoms with Crippen molar-refractivity contribution < 1.29 is 9.53 Å². The lowest BCUT2D eigenvalue weighted by Gasteiger charge is -2.17. The van der Waals surface area contributed by atoms with Crippen LogP contribution in [0, 0.1) is 0 Å². The standard InChI is InChI=1S/C12H12BrNO2/c1-2-5-14-7-9-6-10(13)3-4-11(9)16-8-12(14)15/h2-4,6H,1,5,7-8H2. The van der Waals surface area contributed by atoms with Gasteiger partial charge >= 0.3 is 0 Å². The predicted molar refractivity (Wildman–Crippen MR) is 65.3 cm³/mol. The molecule has 1 aliphatic heterocycles. The molecule has 2 rings (SSSR count). The minimum atomic E-state index is -0.00720. The van der Waals surface area contributed by atoms with Gasteiger partial charge in [0.15, 0.2) is 6.61 Å². The minimum absolute atomic E-state index is 0.00720. The highest BCUT2D eigenvalue weighted by Crippen LogP contribution is 2.26. The molecule has 0 atom stereocenters. The Kier molecular flexibility index (Phi) is 3.29. The van der Waals surface area contributed by atoms with Crippen LogP contribution in [0.1, 0.15) is 5.56 Å². The van der Waals surface area contributed by atoms with Crippen LogP contribution < -0.4 is 4.74 Å². The lowest BCUT2D eigenvalue weighted by Crippen LogP contribution is -2.32. The van der Waals surface area contributed by atoms with Gasteiger partial charge in [-0.2, -0.15) is 0 Å². The molecule has 1 heterocycles. The van der Waals surface area contributed by atoms with Gasteiger partial charge < -0.3 is 9.64 Å². The Morgan fingerprint density at radius 1 is 1.56 bits per heavy atom. The van der Waals surface area contributed by atoms with Crippen molar-refractivity contribution in [2.24, 2.45) is 0 Å². The van der Waals surface area contributed by atoms with E-state index in [1.807, 2.05) is 18.2 Å². The molecular weight excluding hydrogens is 270 g/mol. The van der Waals surface area contributed by atoms with Gasteiger partial charge in [0.1, 0.15) is 5.75 Å². The van der Waals surface area contributed by atoms with Gasteiger partial charge in [-0.3, -0.25) is 4.79 Å². The van der Waals surface area contributed by atoms with E-state index in [1.54, 1.807) is 11.0 Å². The van der Waals surface area contributed by atoms with Crippen LogP contribution in [0.25, 0.3) is 0 Å². The number of fused-ring (bicyclic) bond motifs is 1. The normalized spacial score (nSPS) is 15.1. The van der Waals surface area contributed by atoms with Crippen LogP contribution in [0.4, 0.5) is 0 Å². The lowest BCUT2D eigenvalue weighted by atomic mass is 10.2. The molecule has 0 saturated carbocycles. The number of rotatable bonds is 2. The Morgan fingerprint density at radius 3 is 3.12 bits per heavy atom. The first-order valence-corrected chi connectivity index (χ1v) is 5.80. The van der Waals surface area contributed by atoms with E-state index in [0.717, 1.165) is 15.8 Å². The molecular formula is C12H12BrNO2. The predicted octanol–water partition coefficient (Wildman–Crippen LogP) is 2.36. The summed E-state index contributed by atoms with van der Waals surface area (Å²) in [7, 11) is 0. The molecule has 4 heteroatoms. The number of nitrogens with zero attached hydrogens (tertiary/aromatic N) is 1. The molecule has 1 aromatic carbocycles. The maximum absolute atomic E-state index is 11.7. The summed E-state index contributed by atoms with van der Waals surface area (Å²) in [6, 6.07) is 5.76. The summed E-state index contributed by atoms with van der Waals surface area (Å²) >= 11 is 3.41. The number of hydrogen-bond acceptors (Lipinski definition) is 2. The molecule has 0 radical (unpaired) electrons. The van der Waals surface area contributed by atoms with Crippen molar-refractivity contribution in [2.75, 3.05) is 13.2 Å². The maximum Gasteiger partial charge on any atom is 0.261 e. The summed E-state index contributed by atoms with van der Waals surface area (Å²) < 4.78 is 6.43. The average Bonchev–Trinajstić information content (AvgIpc) is 2.40. The van der Waals surface area contributed by atoms with Crippen LogP contribution in [0.5, 0.6) is 5.75 Å². The Morgan fingerprint density at radius 2 is 2.38 bits per heavy atom. The average molecular weight is 282 g/mol. The second-order valence-corrected chi connectivity index (χ2v) is 4.52. The molecule has 84 valence electrons. The molecule has 16 heavy (non-hydrogen) atoms. The number of hydrogen-bond donors (Lipinski definition) is 0. The van der Waals surface area contributed by atoms with Gasteiger partial charge in [-0.25, -0.2) is 0 Å². The molecule has 0 unspecified atom stereocenters. The zero-order valence-electron chi connectivity index (χ0n) is 8.78. The highest BCUT2D eigenvalue weighted by Gasteiger charge is 2.20. The van der Waals surface area contributed by atoms with Crippen LogP contribution in [-0.2, 0) is 11.3 Å². The highest BCUT2D eigenvalue weighted by atomic mass is 79.9. The van der Waals surface area contributed by atoms with Gasteiger partial charge in [0.2, 0.25) is 0 Å².